The van der Waals surface area contributed by atoms with Crippen LogP contribution in [0.2, 0.25) is 0 Å². The number of hydrogen-bond donors (Lipinski definition) is 1. The molecule has 0 unspecified atom stereocenters. The van der Waals surface area contributed by atoms with Gasteiger partial charge in [-0.2, -0.15) is 0 Å². The van der Waals surface area contributed by atoms with E-state index in [4.69, 9.17) is 4.74 Å². The van der Waals surface area contributed by atoms with Crippen molar-refractivity contribution in [2.75, 3.05) is 53.5 Å². The highest BCUT2D eigenvalue weighted by molar-refractivity contribution is 5.79. The summed E-state index contributed by atoms with van der Waals surface area (Å²) in [4.78, 5) is 20.0. The quantitative estimate of drug-likeness (QED) is 0.611. The Kier molecular flexibility index (Phi) is 7.82. The first kappa shape index (κ1) is 19.0. The van der Waals surface area contributed by atoms with Gasteiger partial charge in [-0.05, 0) is 43.9 Å². The summed E-state index contributed by atoms with van der Waals surface area (Å²) >= 11 is 0. The van der Waals surface area contributed by atoms with Crippen molar-refractivity contribution in [2.24, 2.45) is 16.8 Å². The predicted molar refractivity (Wildman–Crippen MR) is 97.1 cm³/mol. The highest BCUT2D eigenvalue weighted by atomic mass is 16.5. The van der Waals surface area contributed by atoms with Gasteiger partial charge in [-0.1, -0.05) is 0 Å². The normalized spacial score (nSPS) is 21.0. The first-order valence-corrected chi connectivity index (χ1v) is 9.35. The van der Waals surface area contributed by atoms with Gasteiger partial charge in [-0.15, -0.1) is 0 Å². The van der Waals surface area contributed by atoms with Crippen LogP contribution < -0.4 is 5.32 Å². The number of amides is 1. The molecule has 0 saturated carbocycles. The van der Waals surface area contributed by atoms with Crippen LogP contribution in [0.25, 0.3) is 0 Å². The second-order valence-corrected chi connectivity index (χ2v) is 7.14. The molecule has 2 aliphatic heterocycles. The topological polar surface area (TPSA) is 57.2 Å². The van der Waals surface area contributed by atoms with Gasteiger partial charge in [0.2, 0.25) is 5.91 Å². The maximum absolute atomic E-state index is 11.4. The van der Waals surface area contributed by atoms with Gasteiger partial charge in [0, 0.05) is 60.4 Å². The van der Waals surface area contributed by atoms with Gasteiger partial charge < -0.3 is 19.9 Å². The van der Waals surface area contributed by atoms with Gasteiger partial charge in [-0.3, -0.25) is 9.79 Å². The third kappa shape index (κ3) is 5.96. The summed E-state index contributed by atoms with van der Waals surface area (Å²) in [7, 11) is 3.97. The molecular formula is C18H34N4O2. The zero-order valence-corrected chi connectivity index (χ0v) is 15.6. The molecule has 1 N–H and O–H groups in total. The number of nitrogens with one attached hydrogen (secondary N) is 1. The van der Waals surface area contributed by atoms with Gasteiger partial charge in [0.25, 0.3) is 0 Å². The lowest BCUT2D eigenvalue weighted by atomic mass is 9.96. The number of ether oxygens (including phenoxy) is 1. The van der Waals surface area contributed by atoms with Crippen LogP contribution in [0.1, 0.15) is 39.0 Å². The van der Waals surface area contributed by atoms with Crippen LogP contribution >= 0.6 is 0 Å². The van der Waals surface area contributed by atoms with Crippen LogP contribution in [0.3, 0.4) is 0 Å². The van der Waals surface area contributed by atoms with Crippen LogP contribution in [-0.2, 0) is 9.53 Å². The molecule has 2 saturated heterocycles. The highest BCUT2D eigenvalue weighted by Gasteiger charge is 2.21. The van der Waals surface area contributed by atoms with E-state index in [0.717, 1.165) is 64.1 Å². The lowest BCUT2D eigenvalue weighted by Gasteiger charge is -2.32. The first-order valence-electron chi connectivity index (χ1n) is 9.35. The molecule has 0 aromatic rings. The molecule has 0 atom stereocenters. The van der Waals surface area contributed by atoms with Crippen molar-refractivity contribution in [1.82, 2.24) is 15.1 Å². The molecule has 2 rings (SSSR count). The Bertz CT molecular complexity index is 413. The van der Waals surface area contributed by atoms with Gasteiger partial charge in [-0.25, -0.2) is 0 Å². The van der Waals surface area contributed by atoms with Crippen molar-refractivity contribution >= 4 is 11.9 Å². The third-order valence-electron chi connectivity index (χ3n) is 5.40. The molecule has 6 heteroatoms. The maximum atomic E-state index is 11.4. The van der Waals surface area contributed by atoms with E-state index in [2.05, 4.69) is 22.3 Å². The second-order valence-electron chi connectivity index (χ2n) is 7.14. The van der Waals surface area contributed by atoms with E-state index in [9.17, 15) is 4.79 Å². The molecule has 0 spiro atoms. The fourth-order valence-corrected chi connectivity index (χ4v) is 3.59. The molecule has 0 aromatic carbocycles. The predicted octanol–water partition coefficient (Wildman–Crippen LogP) is 1.57. The van der Waals surface area contributed by atoms with Gasteiger partial charge in [0.1, 0.15) is 0 Å². The standard InChI is InChI=1S/C18H34N4O2/c1-15(23)22-10-5-17(6-11-22)14-20-18(19-2)21(3)9-4-16-7-12-24-13-8-16/h16-17H,4-14H2,1-3H3,(H,19,20). The van der Waals surface area contributed by atoms with E-state index in [1.807, 2.05) is 11.9 Å². The summed E-state index contributed by atoms with van der Waals surface area (Å²) in [5, 5.41) is 3.52. The number of aliphatic imine (C=N–C) groups is 1. The summed E-state index contributed by atoms with van der Waals surface area (Å²) in [6.45, 7) is 7.25. The molecule has 1 amide bonds. The van der Waals surface area contributed by atoms with Crippen LogP contribution in [-0.4, -0.2) is 75.2 Å². The minimum atomic E-state index is 0.199. The van der Waals surface area contributed by atoms with E-state index in [1.165, 1.54) is 19.3 Å². The highest BCUT2D eigenvalue weighted by Crippen LogP contribution is 2.19. The Balaban J connectivity index is 1.67. The molecule has 6 nitrogen and oxygen atoms in total. The van der Waals surface area contributed by atoms with Crippen LogP contribution in [0.15, 0.2) is 4.99 Å². The summed E-state index contributed by atoms with van der Waals surface area (Å²) < 4.78 is 5.43. The van der Waals surface area contributed by atoms with Crippen LogP contribution in [0.5, 0.6) is 0 Å². The maximum Gasteiger partial charge on any atom is 0.219 e. The van der Waals surface area contributed by atoms with Gasteiger partial charge >= 0.3 is 0 Å². The number of piperidine rings is 1. The molecule has 2 fully saturated rings. The molecule has 0 aliphatic carbocycles. The molecule has 138 valence electrons. The minimum absolute atomic E-state index is 0.199. The monoisotopic (exact) mass is 338 g/mol. The number of guanidine groups is 1. The van der Waals surface area contributed by atoms with Gasteiger partial charge in [0.05, 0.1) is 0 Å². The summed E-state index contributed by atoms with van der Waals surface area (Å²) in [5.74, 6) is 2.59. The molecule has 24 heavy (non-hydrogen) atoms. The molecule has 2 heterocycles. The smallest absolute Gasteiger partial charge is 0.219 e. The Hall–Kier alpha value is -1.30. The Morgan fingerprint density at radius 1 is 1.21 bits per heavy atom. The van der Waals surface area contributed by atoms with Gasteiger partial charge in [0.15, 0.2) is 5.96 Å². The average molecular weight is 338 g/mol. The number of carbonyl (C=O) groups is 1. The van der Waals surface area contributed by atoms with Crippen molar-refractivity contribution in [3.05, 3.63) is 0 Å². The second kappa shape index (κ2) is 9.87. The fraction of sp³-hybridized carbons (Fsp3) is 0.889. The van der Waals surface area contributed by atoms with E-state index < -0.39 is 0 Å². The Morgan fingerprint density at radius 3 is 2.46 bits per heavy atom. The Morgan fingerprint density at radius 2 is 1.88 bits per heavy atom. The van der Waals surface area contributed by atoms with Crippen molar-refractivity contribution in [3.8, 4) is 0 Å². The van der Waals surface area contributed by atoms with E-state index in [-0.39, 0.29) is 5.91 Å². The SMILES string of the molecule is CN=C(NCC1CCN(C(C)=O)CC1)N(C)CCC1CCOCC1. The number of carbonyl (C=O) groups excluding carboxylic acids is 1. The van der Waals surface area contributed by atoms with Crippen molar-refractivity contribution in [1.29, 1.82) is 0 Å². The molecule has 0 bridgehead atoms. The molecule has 2 aliphatic rings. The number of hydrogen-bond acceptors (Lipinski definition) is 3. The summed E-state index contributed by atoms with van der Waals surface area (Å²) in [6.07, 6.45) is 5.74. The first-order chi connectivity index (χ1) is 11.6. The Labute approximate surface area is 146 Å². The fourth-order valence-electron chi connectivity index (χ4n) is 3.59. The molecule has 0 aromatic heterocycles. The zero-order valence-electron chi connectivity index (χ0n) is 15.6. The lowest BCUT2D eigenvalue weighted by Crippen LogP contribution is -2.44. The van der Waals surface area contributed by atoms with Crippen molar-refractivity contribution in [3.63, 3.8) is 0 Å². The third-order valence-corrected chi connectivity index (χ3v) is 5.40. The average Bonchev–Trinajstić information content (AvgIpc) is 2.61. The van der Waals surface area contributed by atoms with Crippen molar-refractivity contribution < 1.29 is 9.53 Å². The largest absolute Gasteiger partial charge is 0.381 e. The number of likely N-dealkylation sites (tertiary alicyclic amines) is 1. The summed E-state index contributed by atoms with van der Waals surface area (Å²) in [5.41, 5.74) is 0. The van der Waals surface area contributed by atoms with E-state index >= 15 is 0 Å². The minimum Gasteiger partial charge on any atom is -0.381 e. The van der Waals surface area contributed by atoms with Crippen molar-refractivity contribution in [2.45, 2.75) is 39.0 Å². The summed E-state index contributed by atoms with van der Waals surface area (Å²) in [6, 6.07) is 0. The number of rotatable bonds is 5. The van der Waals surface area contributed by atoms with E-state index in [1.54, 1.807) is 6.92 Å². The van der Waals surface area contributed by atoms with Crippen LogP contribution in [0.4, 0.5) is 0 Å². The number of nitrogens with zero attached hydrogens (tertiary/aromatic N) is 3. The zero-order chi connectivity index (χ0) is 17.4. The lowest BCUT2D eigenvalue weighted by molar-refractivity contribution is -0.130. The van der Waals surface area contributed by atoms with Crippen LogP contribution in [0, 0.1) is 11.8 Å². The van der Waals surface area contributed by atoms with E-state index in [0.29, 0.717) is 5.92 Å². The molecular weight excluding hydrogens is 304 g/mol. The molecule has 0 radical (unpaired) electrons.